The molecule has 0 saturated heterocycles. The lowest BCUT2D eigenvalue weighted by atomic mass is 10.1. The number of hydrogen-bond donors (Lipinski definition) is 1. The maximum atomic E-state index is 12.9. The SMILES string of the molecule is CNC(=O)[C@H](C)N(Cc1cccc(C)c1)C(=O)CCc1ccc(C)cc1. The van der Waals surface area contributed by atoms with Crippen LogP contribution in [0.5, 0.6) is 0 Å². The van der Waals surface area contributed by atoms with Crippen molar-refractivity contribution in [3.05, 3.63) is 70.8 Å². The standard InChI is InChI=1S/C22H28N2O2/c1-16-8-10-19(11-9-16)12-13-21(25)24(18(3)22(26)23-4)15-20-7-5-6-17(2)14-20/h5-11,14,18H,12-13,15H2,1-4H3,(H,23,26)/t18-/m0/s1. The molecule has 0 bridgehead atoms. The molecule has 2 aromatic rings. The lowest BCUT2D eigenvalue weighted by Crippen LogP contribution is -2.46. The first-order chi connectivity index (χ1) is 12.4. The van der Waals surface area contributed by atoms with E-state index in [0.717, 1.165) is 16.7 Å². The summed E-state index contributed by atoms with van der Waals surface area (Å²) in [6.45, 7) is 6.28. The molecule has 1 N–H and O–H groups in total. The van der Waals surface area contributed by atoms with Gasteiger partial charge in [0.1, 0.15) is 6.04 Å². The zero-order valence-corrected chi connectivity index (χ0v) is 16.1. The minimum absolute atomic E-state index is 0.0109. The molecule has 0 aliphatic carbocycles. The van der Waals surface area contributed by atoms with Gasteiger partial charge in [0.15, 0.2) is 0 Å². The van der Waals surface area contributed by atoms with E-state index in [1.165, 1.54) is 5.56 Å². The van der Waals surface area contributed by atoms with Gasteiger partial charge in [0.25, 0.3) is 0 Å². The Morgan fingerprint density at radius 1 is 1.00 bits per heavy atom. The van der Waals surface area contributed by atoms with Crippen LogP contribution in [0.25, 0.3) is 0 Å². The van der Waals surface area contributed by atoms with Crippen LogP contribution >= 0.6 is 0 Å². The molecule has 2 rings (SSSR count). The minimum atomic E-state index is -0.508. The van der Waals surface area contributed by atoms with E-state index in [-0.39, 0.29) is 11.8 Å². The summed E-state index contributed by atoms with van der Waals surface area (Å²) < 4.78 is 0. The highest BCUT2D eigenvalue weighted by Gasteiger charge is 2.25. The highest BCUT2D eigenvalue weighted by atomic mass is 16.2. The van der Waals surface area contributed by atoms with E-state index in [0.29, 0.717) is 19.4 Å². The zero-order chi connectivity index (χ0) is 19.1. The molecular formula is C22H28N2O2. The van der Waals surface area contributed by atoms with Gasteiger partial charge < -0.3 is 10.2 Å². The van der Waals surface area contributed by atoms with Crippen molar-refractivity contribution in [2.45, 2.75) is 46.2 Å². The lowest BCUT2D eigenvalue weighted by Gasteiger charge is -2.28. The van der Waals surface area contributed by atoms with Crippen molar-refractivity contribution < 1.29 is 9.59 Å². The van der Waals surface area contributed by atoms with E-state index in [1.54, 1.807) is 18.9 Å². The Kier molecular flexibility index (Phi) is 6.96. The van der Waals surface area contributed by atoms with Gasteiger partial charge >= 0.3 is 0 Å². The number of nitrogens with one attached hydrogen (secondary N) is 1. The second kappa shape index (κ2) is 9.18. The number of nitrogens with zero attached hydrogens (tertiary/aromatic N) is 1. The Labute approximate surface area is 156 Å². The number of aryl methyl sites for hydroxylation is 3. The third kappa shape index (κ3) is 5.45. The molecule has 0 spiro atoms. The summed E-state index contributed by atoms with van der Waals surface area (Å²) >= 11 is 0. The number of likely N-dealkylation sites (N-methyl/N-ethyl adjacent to an activating group) is 1. The highest BCUT2D eigenvalue weighted by Crippen LogP contribution is 2.14. The van der Waals surface area contributed by atoms with Gasteiger partial charge in [-0.2, -0.15) is 0 Å². The van der Waals surface area contributed by atoms with Gasteiger partial charge in [-0.1, -0.05) is 59.7 Å². The number of carbonyl (C=O) groups excluding carboxylic acids is 2. The Morgan fingerprint density at radius 2 is 1.69 bits per heavy atom. The quantitative estimate of drug-likeness (QED) is 0.830. The van der Waals surface area contributed by atoms with Gasteiger partial charge in [-0.05, 0) is 38.3 Å². The number of rotatable bonds is 7. The summed E-state index contributed by atoms with van der Waals surface area (Å²) in [7, 11) is 1.60. The topological polar surface area (TPSA) is 49.4 Å². The summed E-state index contributed by atoms with van der Waals surface area (Å²) in [6.07, 6.45) is 1.06. The van der Waals surface area contributed by atoms with Gasteiger partial charge in [-0.25, -0.2) is 0 Å². The Hall–Kier alpha value is -2.62. The second-order valence-corrected chi connectivity index (χ2v) is 6.79. The van der Waals surface area contributed by atoms with Gasteiger partial charge in [0.05, 0.1) is 0 Å². The first kappa shape index (κ1) is 19.7. The summed E-state index contributed by atoms with van der Waals surface area (Å²) in [5.74, 6) is -0.162. The molecule has 4 heteroatoms. The summed E-state index contributed by atoms with van der Waals surface area (Å²) in [4.78, 5) is 26.7. The third-order valence-electron chi connectivity index (χ3n) is 4.60. The van der Waals surface area contributed by atoms with Gasteiger partial charge in [0, 0.05) is 20.0 Å². The average Bonchev–Trinajstić information content (AvgIpc) is 2.64. The van der Waals surface area contributed by atoms with E-state index in [2.05, 4.69) is 35.6 Å². The van der Waals surface area contributed by atoms with Crippen LogP contribution in [0.15, 0.2) is 48.5 Å². The van der Waals surface area contributed by atoms with Crippen LogP contribution in [0.3, 0.4) is 0 Å². The number of amides is 2. The highest BCUT2D eigenvalue weighted by molar-refractivity contribution is 5.87. The van der Waals surface area contributed by atoms with E-state index in [1.807, 2.05) is 32.0 Å². The molecule has 0 aliphatic heterocycles. The molecule has 0 heterocycles. The van der Waals surface area contributed by atoms with Crippen LogP contribution < -0.4 is 5.32 Å². The Bertz CT molecular complexity index is 753. The predicted octanol–water partition coefficient (Wildman–Crippen LogP) is 3.40. The molecule has 0 radical (unpaired) electrons. The fraction of sp³-hybridized carbons (Fsp3) is 0.364. The number of benzene rings is 2. The molecule has 0 aliphatic rings. The minimum Gasteiger partial charge on any atom is -0.357 e. The van der Waals surface area contributed by atoms with Gasteiger partial charge in [-0.3, -0.25) is 9.59 Å². The van der Waals surface area contributed by atoms with Crippen LogP contribution in [0.4, 0.5) is 0 Å². The monoisotopic (exact) mass is 352 g/mol. The molecule has 0 aromatic heterocycles. The maximum Gasteiger partial charge on any atom is 0.242 e. The molecule has 138 valence electrons. The molecular weight excluding hydrogens is 324 g/mol. The molecule has 0 unspecified atom stereocenters. The van der Waals surface area contributed by atoms with Crippen LogP contribution in [0, 0.1) is 13.8 Å². The second-order valence-electron chi connectivity index (χ2n) is 6.79. The first-order valence-corrected chi connectivity index (χ1v) is 9.03. The Balaban J connectivity index is 2.12. The average molecular weight is 352 g/mol. The molecule has 1 atom stereocenters. The maximum absolute atomic E-state index is 12.9. The molecule has 2 amide bonds. The van der Waals surface area contributed by atoms with Crippen molar-refractivity contribution in [1.29, 1.82) is 0 Å². The van der Waals surface area contributed by atoms with E-state index < -0.39 is 6.04 Å². The van der Waals surface area contributed by atoms with Crippen LogP contribution in [0.2, 0.25) is 0 Å². The molecule has 26 heavy (non-hydrogen) atoms. The van der Waals surface area contributed by atoms with Crippen LogP contribution in [-0.2, 0) is 22.6 Å². The summed E-state index contributed by atoms with van der Waals surface area (Å²) in [5, 5.41) is 2.64. The lowest BCUT2D eigenvalue weighted by molar-refractivity contribution is -0.140. The number of hydrogen-bond acceptors (Lipinski definition) is 2. The normalized spacial score (nSPS) is 11.7. The van der Waals surface area contributed by atoms with Crippen molar-refractivity contribution >= 4 is 11.8 Å². The van der Waals surface area contributed by atoms with Crippen molar-refractivity contribution in [3.8, 4) is 0 Å². The van der Waals surface area contributed by atoms with Crippen molar-refractivity contribution in [3.63, 3.8) is 0 Å². The van der Waals surface area contributed by atoms with Crippen molar-refractivity contribution in [1.82, 2.24) is 10.2 Å². The molecule has 0 fully saturated rings. The van der Waals surface area contributed by atoms with Crippen LogP contribution in [0.1, 0.15) is 35.6 Å². The van der Waals surface area contributed by atoms with E-state index in [9.17, 15) is 9.59 Å². The molecule has 2 aromatic carbocycles. The van der Waals surface area contributed by atoms with E-state index in [4.69, 9.17) is 0 Å². The predicted molar refractivity (Wildman–Crippen MR) is 105 cm³/mol. The largest absolute Gasteiger partial charge is 0.357 e. The first-order valence-electron chi connectivity index (χ1n) is 9.03. The summed E-state index contributed by atoms with van der Waals surface area (Å²) in [6, 6.07) is 15.7. The fourth-order valence-corrected chi connectivity index (χ4v) is 2.95. The van der Waals surface area contributed by atoms with Crippen molar-refractivity contribution in [2.75, 3.05) is 7.05 Å². The van der Waals surface area contributed by atoms with E-state index >= 15 is 0 Å². The van der Waals surface area contributed by atoms with Crippen molar-refractivity contribution in [2.24, 2.45) is 0 Å². The smallest absolute Gasteiger partial charge is 0.242 e. The van der Waals surface area contributed by atoms with Crippen LogP contribution in [-0.4, -0.2) is 29.8 Å². The molecule has 0 saturated carbocycles. The van der Waals surface area contributed by atoms with Gasteiger partial charge in [-0.15, -0.1) is 0 Å². The van der Waals surface area contributed by atoms with Gasteiger partial charge in [0.2, 0.25) is 11.8 Å². The summed E-state index contributed by atoms with van der Waals surface area (Å²) in [5.41, 5.74) is 4.51. The fourth-order valence-electron chi connectivity index (χ4n) is 2.95. The Morgan fingerprint density at radius 3 is 2.31 bits per heavy atom. The zero-order valence-electron chi connectivity index (χ0n) is 16.1. The number of carbonyl (C=O) groups is 2. The third-order valence-corrected chi connectivity index (χ3v) is 4.60. The molecule has 4 nitrogen and oxygen atoms in total.